The van der Waals surface area contributed by atoms with Gasteiger partial charge in [-0.25, -0.2) is 4.39 Å². The van der Waals surface area contributed by atoms with E-state index in [1.165, 1.54) is 22.6 Å². The number of fused-ring (bicyclic) bond motifs is 3. The molecule has 1 unspecified atom stereocenters. The summed E-state index contributed by atoms with van der Waals surface area (Å²) in [5.74, 6) is -0.411. The molecule has 0 radical (unpaired) electrons. The van der Waals surface area contributed by atoms with E-state index in [1.807, 2.05) is 18.3 Å². The first-order valence-electron chi connectivity index (χ1n) is 9.58. The highest BCUT2D eigenvalue weighted by Gasteiger charge is 2.24. The van der Waals surface area contributed by atoms with E-state index in [2.05, 4.69) is 37.7 Å². The number of nitrogens with zero attached hydrogens (tertiary/aromatic N) is 2. The largest absolute Gasteiger partial charge is 0.347 e. The molecule has 3 aromatic rings. The van der Waals surface area contributed by atoms with Gasteiger partial charge in [0.25, 0.3) is 5.91 Å². The van der Waals surface area contributed by atoms with Crippen LogP contribution >= 0.6 is 33.9 Å². The van der Waals surface area contributed by atoms with Gasteiger partial charge in [-0.05, 0) is 43.0 Å². The summed E-state index contributed by atoms with van der Waals surface area (Å²) in [5.41, 5.74) is 10.1. The third kappa shape index (κ3) is 4.39. The number of hydrogen-bond donors (Lipinski definition) is 2. The van der Waals surface area contributed by atoms with Gasteiger partial charge in [0, 0.05) is 39.6 Å². The molecule has 1 aliphatic heterocycles. The number of halogens is 2. The van der Waals surface area contributed by atoms with Crippen LogP contribution in [0.5, 0.6) is 0 Å². The molecule has 3 heterocycles. The molecule has 8 heteroatoms. The predicted molar refractivity (Wildman–Crippen MR) is 122 cm³/mol. The fourth-order valence-corrected chi connectivity index (χ4v) is 5.38. The number of aryl methyl sites for hydroxylation is 2. The van der Waals surface area contributed by atoms with E-state index in [9.17, 15) is 9.18 Å². The van der Waals surface area contributed by atoms with Gasteiger partial charge in [0.15, 0.2) is 0 Å². The molecule has 0 saturated heterocycles. The van der Waals surface area contributed by atoms with Crippen molar-refractivity contribution in [2.45, 2.75) is 36.3 Å². The van der Waals surface area contributed by atoms with Crippen molar-refractivity contribution in [1.82, 2.24) is 15.1 Å². The molecular weight excluding hydrogens is 502 g/mol. The smallest absolute Gasteiger partial charge is 0.261 e. The van der Waals surface area contributed by atoms with Crippen LogP contribution < -0.4 is 11.1 Å². The Morgan fingerprint density at radius 2 is 2.28 bits per heavy atom. The molecule has 0 spiro atoms. The Hall–Kier alpha value is -1.78. The number of nitrogens with two attached hydrogens (primary N) is 1. The summed E-state index contributed by atoms with van der Waals surface area (Å²) in [6.07, 6.45) is 4.38. The van der Waals surface area contributed by atoms with E-state index in [-0.39, 0.29) is 17.8 Å². The number of rotatable bonds is 6. The van der Waals surface area contributed by atoms with E-state index in [4.69, 9.17) is 5.73 Å². The second-order valence-electron chi connectivity index (χ2n) is 7.17. The average molecular weight is 524 g/mol. The second kappa shape index (κ2) is 8.93. The maximum absolute atomic E-state index is 13.4. The summed E-state index contributed by atoms with van der Waals surface area (Å²) in [5, 5.41) is 7.55. The zero-order valence-electron chi connectivity index (χ0n) is 15.8. The summed E-state index contributed by atoms with van der Waals surface area (Å²) >= 11 is 3.90. The van der Waals surface area contributed by atoms with E-state index in [0.29, 0.717) is 17.8 Å². The number of thiophene rings is 1. The molecule has 0 fully saturated rings. The lowest BCUT2D eigenvalue weighted by atomic mass is 10.1. The molecule has 0 bridgehead atoms. The maximum Gasteiger partial charge on any atom is 0.261 e. The van der Waals surface area contributed by atoms with Gasteiger partial charge in [-0.15, -0.1) is 11.3 Å². The number of amides is 1. The number of carbonyl (C=O) groups excluding carboxylic acids is 1. The Morgan fingerprint density at radius 3 is 3.03 bits per heavy atom. The number of hydrogen-bond acceptors (Lipinski definition) is 4. The molecule has 0 saturated carbocycles. The fraction of sp³-hybridized carbons (Fsp3) is 0.333. The van der Waals surface area contributed by atoms with E-state index in [0.717, 1.165) is 40.6 Å². The van der Waals surface area contributed by atoms with Crippen LogP contribution in [0, 0.1) is 5.82 Å². The molecule has 1 amide bonds. The lowest BCUT2D eigenvalue weighted by Crippen LogP contribution is -2.41. The number of carbonyl (C=O) groups is 1. The Balaban J connectivity index is 1.55. The molecule has 1 atom stereocenters. The molecule has 5 nitrogen and oxygen atoms in total. The summed E-state index contributed by atoms with van der Waals surface area (Å²) in [4.78, 5) is 14.8. The van der Waals surface area contributed by atoms with Gasteiger partial charge in [-0.3, -0.25) is 9.48 Å². The van der Waals surface area contributed by atoms with E-state index < -0.39 is 0 Å². The summed E-state index contributed by atoms with van der Waals surface area (Å²) in [6, 6.07) is 8.14. The van der Waals surface area contributed by atoms with Crippen LogP contribution in [0.3, 0.4) is 0 Å². The number of alkyl halides is 1. The zero-order chi connectivity index (χ0) is 20.4. The molecule has 1 aliphatic rings. The Morgan fingerprint density at radius 1 is 1.41 bits per heavy atom. The van der Waals surface area contributed by atoms with Crippen molar-refractivity contribution in [1.29, 1.82) is 0 Å². The topological polar surface area (TPSA) is 72.9 Å². The van der Waals surface area contributed by atoms with Crippen LogP contribution in [0.1, 0.15) is 32.1 Å². The lowest BCUT2D eigenvalue weighted by Gasteiger charge is -2.16. The summed E-state index contributed by atoms with van der Waals surface area (Å²) in [7, 11) is 0. The molecule has 152 valence electrons. The minimum absolute atomic E-state index is 0.128. The molecule has 0 aliphatic carbocycles. The summed E-state index contributed by atoms with van der Waals surface area (Å²) in [6.45, 7) is 1.19. The first-order valence-corrected chi connectivity index (χ1v) is 11.9. The Bertz CT molecular complexity index is 1030. The average Bonchev–Trinajstić information content (AvgIpc) is 3.27. The third-order valence-electron chi connectivity index (χ3n) is 5.11. The van der Waals surface area contributed by atoms with Crippen molar-refractivity contribution in [2.75, 3.05) is 6.54 Å². The van der Waals surface area contributed by atoms with Gasteiger partial charge in [-0.1, -0.05) is 34.7 Å². The number of benzene rings is 1. The van der Waals surface area contributed by atoms with Crippen molar-refractivity contribution in [3.63, 3.8) is 0 Å². The van der Waals surface area contributed by atoms with Crippen LogP contribution in [-0.2, 0) is 23.8 Å². The van der Waals surface area contributed by atoms with Gasteiger partial charge < -0.3 is 11.1 Å². The van der Waals surface area contributed by atoms with E-state index in [1.54, 1.807) is 17.4 Å². The van der Waals surface area contributed by atoms with Gasteiger partial charge in [0.05, 0.1) is 16.8 Å². The van der Waals surface area contributed by atoms with Crippen molar-refractivity contribution in [2.24, 2.45) is 5.73 Å². The van der Waals surface area contributed by atoms with Gasteiger partial charge in [0.2, 0.25) is 0 Å². The lowest BCUT2D eigenvalue weighted by molar-refractivity contribution is 0.0942. The first kappa shape index (κ1) is 20.5. The second-order valence-corrected chi connectivity index (χ2v) is 9.07. The van der Waals surface area contributed by atoms with Crippen LogP contribution in [-0.4, -0.2) is 28.3 Å². The molecule has 29 heavy (non-hydrogen) atoms. The highest BCUT2D eigenvalue weighted by atomic mass is 127. The minimum Gasteiger partial charge on any atom is -0.347 e. The van der Waals surface area contributed by atoms with Crippen molar-refractivity contribution >= 4 is 39.8 Å². The third-order valence-corrected chi connectivity index (χ3v) is 7.13. The summed E-state index contributed by atoms with van der Waals surface area (Å²) < 4.78 is 16.4. The zero-order valence-corrected chi connectivity index (χ0v) is 18.8. The Kier molecular flexibility index (Phi) is 6.31. The standard InChI is InChI=1S/C21H22FIN4OS/c22-15-4-1-3-13(7-15)8-16(11-24)26-21(28)19-9-17-18(29-19)5-2-6-27-20(17)14(10-23)12-25-27/h1,3-4,7,9,12,16H,2,5-6,8,10-11,24H2,(H,26,28). The quantitative estimate of drug-likeness (QED) is 0.379. The highest BCUT2D eigenvalue weighted by molar-refractivity contribution is 14.1. The van der Waals surface area contributed by atoms with Gasteiger partial charge in [-0.2, -0.15) is 5.10 Å². The Labute approximate surface area is 186 Å². The van der Waals surface area contributed by atoms with Crippen molar-refractivity contribution in [3.8, 4) is 11.3 Å². The molecule has 4 rings (SSSR count). The molecule has 2 aromatic heterocycles. The fourth-order valence-electron chi connectivity index (χ4n) is 3.72. The molecular formula is C21H22FIN4OS. The maximum atomic E-state index is 13.4. The van der Waals surface area contributed by atoms with Gasteiger partial charge >= 0.3 is 0 Å². The van der Waals surface area contributed by atoms with E-state index >= 15 is 0 Å². The number of aromatic nitrogens is 2. The van der Waals surface area contributed by atoms with Crippen LogP contribution in [0.2, 0.25) is 0 Å². The molecule has 1 aromatic carbocycles. The van der Waals surface area contributed by atoms with Crippen LogP contribution in [0.4, 0.5) is 4.39 Å². The minimum atomic E-state index is -0.283. The first-order chi connectivity index (χ1) is 14.1. The number of nitrogens with one attached hydrogen (secondary N) is 1. The normalized spacial score (nSPS) is 14.0. The predicted octanol–water partition coefficient (Wildman–Crippen LogP) is 3.93. The van der Waals surface area contributed by atoms with Crippen molar-refractivity contribution < 1.29 is 9.18 Å². The van der Waals surface area contributed by atoms with Crippen LogP contribution in [0.15, 0.2) is 36.5 Å². The van der Waals surface area contributed by atoms with Crippen molar-refractivity contribution in [3.05, 3.63) is 63.2 Å². The SMILES string of the molecule is NCC(Cc1cccc(F)c1)NC(=O)c1cc2c(s1)CCCn1ncc(CI)c1-2. The highest BCUT2D eigenvalue weighted by Crippen LogP contribution is 2.37. The van der Waals surface area contributed by atoms with Crippen LogP contribution in [0.25, 0.3) is 11.3 Å². The molecule has 3 N–H and O–H groups in total. The van der Waals surface area contributed by atoms with Gasteiger partial charge in [0.1, 0.15) is 5.82 Å². The monoisotopic (exact) mass is 524 g/mol.